The van der Waals surface area contributed by atoms with Crippen LogP contribution in [0.3, 0.4) is 0 Å². The number of amides is 1. The van der Waals surface area contributed by atoms with E-state index in [0.717, 1.165) is 11.0 Å². The highest BCUT2D eigenvalue weighted by molar-refractivity contribution is 5.88. The van der Waals surface area contributed by atoms with Crippen LogP contribution in [0.25, 0.3) is 11.0 Å². The van der Waals surface area contributed by atoms with Crippen molar-refractivity contribution in [2.75, 3.05) is 25.0 Å². The van der Waals surface area contributed by atoms with Gasteiger partial charge in [-0.3, -0.25) is 4.79 Å². The van der Waals surface area contributed by atoms with Crippen molar-refractivity contribution in [3.8, 4) is 6.07 Å². The number of likely N-dealkylation sites (N-methyl/N-ethyl adjacent to an activating group) is 1. The summed E-state index contributed by atoms with van der Waals surface area (Å²) in [4.78, 5) is 26.2. The first-order chi connectivity index (χ1) is 12.7. The third-order valence-corrected chi connectivity index (χ3v) is 4.98. The zero-order chi connectivity index (χ0) is 19.8. The minimum atomic E-state index is -3.15. The standard InChI is InChI=1S/C17H20N6O4/c1-3-11-5-7-23(15(24)17(26,27)8-18)9-16(11,25)22(2)14-12-4-6-19-13(12)20-10-21-14/h3-4,6,10-11,25-27H,1,5,7,9H2,2H3,(H,19,20,21). The molecule has 0 radical (unpaired) electrons. The zero-order valence-corrected chi connectivity index (χ0v) is 14.7. The van der Waals surface area contributed by atoms with Gasteiger partial charge in [0.05, 0.1) is 11.9 Å². The molecule has 0 bridgehead atoms. The fourth-order valence-electron chi connectivity index (χ4n) is 3.42. The van der Waals surface area contributed by atoms with E-state index in [2.05, 4.69) is 21.5 Å². The van der Waals surface area contributed by atoms with Crippen LogP contribution in [0.1, 0.15) is 6.42 Å². The molecule has 27 heavy (non-hydrogen) atoms. The number of hydrogen-bond acceptors (Lipinski definition) is 8. The maximum Gasteiger partial charge on any atom is 0.336 e. The van der Waals surface area contributed by atoms with E-state index in [-0.39, 0.29) is 13.1 Å². The van der Waals surface area contributed by atoms with Gasteiger partial charge in [0.2, 0.25) is 0 Å². The van der Waals surface area contributed by atoms with Crippen LogP contribution in [0.15, 0.2) is 31.2 Å². The largest absolute Gasteiger partial charge is 0.368 e. The highest BCUT2D eigenvalue weighted by atomic mass is 16.5. The Morgan fingerprint density at radius 3 is 3.00 bits per heavy atom. The monoisotopic (exact) mass is 372 g/mol. The van der Waals surface area contributed by atoms with Crippen molar-refractivity contribution in [2.24, 2.45) is 5.92 Å². The molecule has 1 aliphatic heterocycles. The molecule has 4 N–H and O–H groups in total. The number of nitrogens with zero attached hydrogens (tertiary/aromatic N) is 5. The van der Waals surface area contributed by atoms with Crippen molar-refractivity contribution >= 4 is 22.8 Å². The summed E-state index contributed by atoms with van der Waals surface area (Å²) < 4.78 is 0. The Morgan fingerprint density at radius 2 is 2.33 bits per heavy atom. The Bertz CT molecular complexity index is 920. The lowest BCUT2D eigenvalue weighted by Gasteiger charge is -2.49. The number of H-pyrrole nitrogens is 1. The van der Waals surface area contributed by atoms with Crippen molar-refractivity contribution in [1.82, 2.24) is 19.9 Å². The van der Waals surface area contributed by atoms with Crippen molar-refractivity contribution in [3.05, 3.63) is 31.2 Å². The number of fused-ring (bicyclic) bond motifs is 1. The number of likely N-dealkylation sites (tertiary alicyclic amines) is 1. The van der Waals surface area contributed by atoms with Crippen LogP contribution in [-0.2, 0) is 4.79 Å². The van der Waals surface area contributed by atoms with E-state index < -0.39 is 23.3 Å². The summed E-state index contributed by atoms with van der Waals surface area (Å²) in [6.07, 6.45) is 4.95. The number of nitriles is 1. The van der Waals surface area contributed by atoms with Gasteiger partial charge in [0.15, 0.2) is 5.72 Å². The Balaban J connectivity index is 1.99. The molecule has 1 amide bonds. The van der Waals surface area contributed by atoms with Gasteiger partial charge in [0, 0.05) is 25.7 Å². The molecule has 2 aromatic rings. The van der Waals surface area contributed by atoms with Crippen molar-refractivity contribution in [3.63, 3.8) is 0 Å². The lowest BCUT2D eigenvalue weighted by molar-refractivity contribution is -0.184. The molecular weight excluding hydrogens is 352 g/mol. The van der Waals surface area contributed by atoms with Crippen LogP contribution in [0, 0.1) is 17.2 Å². The number of aromatic amines is 1. The van der Waals surface area contributed by atoms with Gasteiger partial charge < -0.3 is 30.1 Å². The number of nitrogens with one attached hydrogen (secondary N) is 1. The molecule has 1 saturated heterocycles. The van der Waals surface area contributed by atoms with Crippen LogP contribution in [0.4, 0.5) is 5.82 Å². The molecule has 0 aromatic carbocycles. The van der Waals surface area contributed by atoms with E-state index in [4.69, 9.17) is 5.26 Å². The minimum absolute atomic E-state index is 0.138. The lowest BCUT2D eigenvalue weighted by atomic mass is 9.86. The number of carbonyl (C=O) groups excluding carboxylic acids is 1. The predicted octanol–water partition coefficient (Wildman–Crippen LogP) is -0.678. The predicted molar refractivity (Wildman–Crippen MR) is 94.9 cm³/mol. The van der Waals surface area contributed by atoms with Crippen LogP contribution in [0.2, 0.25) is 0 Å². The van der Waals surface area contributed by atoms with E-state index in [1.54, 1.807) is 25.4 Å². The quantitative estimate of drug-likeness (QED) is 0.313. The second-order valence-corrected chi connectivity index (χ2v) is 6.52. The molecule has 0 saturated carbocycles. The molecule has 0 spiro atoms. The number of aromatic nitrogens is 3. The van der Waals surface area contributed by atoms with Crippen LogP contribution < -0.4 is 4.90 Å². The van der Waals surface area contributed by atoms with Gasteiger partial charge in [-0.1, -0.05) is 6.08 Å². The average molecular weight is 372 g/mol. The van der Waals surface area contributed by atoms with Gasteiger partial charge in [0.25, 0.3) is 5.91 Å². The molecule has 1 fully saturated rings. The van der Waals surface area contributed by atoms with Crippen LogP contribution in [-0.4, -0.2) is 72.7 Å². The summed E-state index contributed by atoms with van der Waals surface area (Å²) >= 11 is 0. The topological polar surface area (TPSA) is 150 Å². The smallest absolute Gasteiger partial charge is 0.336 e. The number of anilines is 1. The number of hydrogen-bond donors (Lipinski definition) is 4. The number of aliphatic hydroxyl groups is 3. The third kappa shape index (κ3) is 3.02. The van der Waals surface area contributed by atoms with Crippen LogP contribution in [0.5, 0.6) is 0 Å². The summed E-state index contributed by atoms with van der Waals surface area (Å²) in [5, 5.41) is 40.1. The van der Waals surface area contributed by atoms with Gasteiger partial charge in [-0.2, -0.15) is 5.26 Å². The maximum absolute atomic E-state index is 12.3. The molecule has 2 aromatic heterocycles. The second-order valence-electron chi connectivity index (χ2n) is 6.52. The van der Waals surface area contributed by atoms with Crippen molar-refractivity contribution in [1.29, 1.82) is 5.26 Å². The molecule has 2 atom stereocenters. The zero-order valence-electron chi connectivity index (χ0n) is 14.7. The molecular formula is C17H20N6O4. The average Bonchev–Trinajstić information content (AvgIpc) is 3.15. The summed E-state index contributed by atoms with van der Waals surface area (Å²) in [5.41, 5.74) is -1.04. The molecule has 2 unspecified atom stereocenters. The van der Waals surface area contributed by atoms with Gasteiger partial charge in [-0.15, -0.1) is 6.58 Å². The Morgan fingerprint density at radius 1 is 1.59 bits per heavy atom. The highest BCUT2D eigenvalue weighted by Gasteiger charge is 2.49. The molecule has 10 heteroatoms. The Labute approximate surface area is 155 Å². The van der Waals surface area contributed by atoms with E-state index >= 15 is 0 Å². The number of carbonyl (C=O) groups is 1. The van der Waals surface area contributed by atoms with Crippen molar-refractivity contribution < 1.29 is 20.1 Å². The summed E-state index contributed by atoms with van der Waals surface area (Å²) in [6, 6.07) is 2.92. The number of piperidine rings is 1. The first kappa shape index (κ1) is 18.8. The summed E-state index contributed by atoms with van der Waals surface area (Å²) in [6.45, 7) is 3.64. The van der Waals surface area contributed by atoms with Crippen LogP contribution >= 0.6 is 0 Å². The summed E-state index contributed by atoms with van der Waals surface area (Å²) in [5.74, 6) is -4.33. The fourth-order valence-corrected chi connectivity index (χ4v) is 3.42. The molecule has 1 aliphatic rings. The number of rotatable bonds is 4. The second kappa shape index (κ2) is 6.62. The van der Waals surface area contributed by atoms with Gasteiger partial charge >= 0.3 is 5.79 Å². The Kier molecular flexibility index (Phi) is 4.61. The minimum Gasteiger partial charge on any atom is -0.368 e. The lowest BCUT2D eigenvalue weighted by Crippen LogP contribution is -2.65. The molecule has 142 valence electrons. The van der Waals surface area contributed by atoms with Crippen molar-refractivity contribution in [2.45, 2.75) is 17.9 Å². The van der Waals surface area contributed by atoms with E-state index in [1.165, 1.54) is 11.2 Å². The molecule has 0 aliphatic carbocycles. The van der Waals surface area contributed by atoms with Gasteiger partial charge in [-0.05, 0) is 12.5 Å². The van der Waals surface area contributed by atoms with E-state index in [9.17, 15) is 20.1 Å². The molecule has 10 nitrogen and oxygen atoms in total. The molecule has 3 rings (SSSR count). The van der Waals surface area contributed by atoms with Gasteiger partial charge in [-0.25, -0.2) is 9.97 Å². The summed E-state index contributed by atoms with van der Waals surface area (Å²) in [7, 11) is 1.62. The van der Waals surface area contributed by atoms with E-state index in [1.807, 2.05) is 0 Å². The fraction of sp³-hybridized carbons (Fsp3) is 0.412. The molecule has 3 heterocycles. The number of β-amino-alcohol motifs (C(OH)–C–C–N with tert-alkyl or cyclic N) is 1. The highest BCUT2D eigenvalue weighted by Crippen LogP contribution is 2.36. The first-order valence-electron chi connectivity index (χ1n) is 8.27. The van der Waals surface area contributed by atoms with Gasteiger partial charge in [0.1, 0.15) is 23.9 Å². The third-order valence-electron chi connectivity index (χ3n) is 4.98. The maximum atomic E-state index is 12.3. The Hall–Kier alpha value is -3.00. The first-order valence-corrected chi connectivity index (χ1v) is 8.27. The SMILES string of the molecule is C=CC1CCN(C(=O)C(O)(O)C#N)CC1(O)N(C)c1ncnc2[nH]ccc12. The normalized spacial score (nSPS) is 23.1. The van der Waals surface area contributed by atoms with E-state index in [0.29, 0.717) is 23.3 Å².